The highest BCUT2D eigenvalue weighted by atomic mass is 35.5. The molecule has 0 unspecified atom stereocenters. The standard InChI is InChI=1S/C26H22ClN3O5S2/c1-34-22-10-8-17(13-23(22)35-2)20-15-36-26(28-20)29-25(31)18-7-9-19(27)24(14-18)37(32,33)30-12-11-16-5-3-4-6-21(16)30/h3-10,13-15H,11-12H2,1-2H3,(H,28,29,31). The van der Waals surface area contributed by atoms with E-state index in [1.54, 1.807) is 43.9 Å². The van der Waals surface area contributed by atoms with Crippen LogP contribution in [0.1, 0.15) is 15.9 Å². The van der Waals surface area contributed by atoms with Crippen LogP contribution in [0.4, 0.5) is 10.8 Å². The summed E-state index contributed by atoms with van der Waals surface area (Å²) in [5.74, 6) is 0.665. The third-order valence-corrected chi connectivity index (χ3v) is 9.06. The molecule has 2 heterocycles. The molecule has 11 heteroatoms. The second kappa shape index (κ2) is 10.0. The summed E-state index contributed by atoms with van der Waals surface area (Å²) in [6.07, 6.45) is 0.611. The predicted octanol–water partition coefficient (Wildman–Crippen LogP) is 5.48. The molecule has 0 aliphatic carbocycles. The number of carbonyl (C=O) groups excluding carboxylic acids is 1. The first-order valence-electron chi connectivity index (χ1n) is 11.2. The van der Waals surface area contributed by atoms with Gasteiger partial charge in [-0.2, -0.15) is 0 Å². The van der Waals surface area contributed by atoms with Crippen molar-refractivity contribution in [2.24, 2.45) is 0 Å². The average molecular weight is 556 g/mol. The number of hydrogen-bond acceptors (Lipinski definition) is 7. The van der Waals surface area contributed by atoms with Gasteiger partial charge < -0.3 is 9.47 Å². The molecule has 4 aromatic rings. The number of hydrogen-bond donors (Lipinski definition) is 1. The summed E-state index contributed by atoms with van der Waals surface area (Å²) < 4.78 is 38.9. The zero-order valence-electron chi connectivity index (χ0n) is 19.9. The molecule has 190 valence electrons. The van der Waals surface area contributed by atoms with E-state index in [0.717, 1.165) is 11.1 Å². The second-order valence-electron chi connectivity index (χ2n) is 8.16. The van der Waals surface area contributed by atoms with Crippen LogP contribution in [0, 0.1) is 0 Å². The molecule has 0 radical (unpaired) electrons. The number of amides is 1. The largest absolute Gasteiger partial charge is 0.493 e. The first kappa shape index (κ1) is 25.1. The van der Waals surface area contributed by atoms with E-state index in [-0.39, 0.29) is 15.5 Å². The molecule has 3 aromatic carbocycles. The zero-order chi connectivity index (χ0) is 26.2. The highest BCUT2D eigenvalue weighted by Gasteiger charge is 2.32. The molecule has 0 spiro atoms. The lowest BCUT2D eigenvalue weighted by Gasteiger charge is -2.20. The van der Waals surface area contributed by atoms with Crippen molar-refractivity contribution in [2.45, 2.75) is 11.3 Å². The summed E-state index contributed by atoms with van der Waals surface area (Å²) in [5, 5.41) is 4.96. The summed E-state index contributed by atoms with van der Waals surface area (Å²) >= 11 is 7.55. The first-order valence-corrected chi connectivity index (χ1v) is 13.9. The number of para-hydroxylation sites is 1. The van der Waals surface area contributed by atoms with Gasteiger partial charge in [0.25, 0.3) is 15.9 Å². The average Bonchev–Trinajstić information content (AvgIpc) is 3.56. The molecule has 1 aromatic heterocycles. The van der Waals surface area contributed by atoms with Gasteiger partial charge >= 0.3 is 0 Å². The van der Waals surface area contributed by atoms with Gasteiger partial charge in [-0.15, -0.1) is 11.3 Å². The van der Waals surface area contributed by atoms with Gasteiger partial charge in [0.15, 0.2) is 16.6 Å². The highest BCUT2D eigenvalue weighted by Crippen LogP contribution is 2.36. The number of fused-ring (bicyclic) bond motifs is 1. The van der Waals surface area contributed by atoms with E-state index in [2.05, 4.69) is 10.3 Å². The maximum Gasteiger partial charge on any atom is 0.265 e. The Kier molecular flexibility index (Phi) is 6.80. The van der Waals surface area contributed by atoms with E-state index >= 15 is 0 Å². The minimum Gasteiger partial charge on any atom is -0.493 e. The molecular weight excluding hydrogens is 534 g/mol. The third kappa shape index (κ3) is 4.75. The maximum atomic E-state index is 13.5. The van der Waals surface area contributed by atoms with Crippen molar-refractivity contribution in [2.75, 3.05) is 30.4 Å². The molecule has 0 atom stereocenters. The van der Waals surface area contributed by atoms with Crippen LogP contribution < -0.4 is 19.1 Å². The highest BCUT2D eigenvalue weighted by molar-refractivity contribution is 7.93. The topological polar surface area (TPSA) is 97.8 Å². The van der Waals surface area contributed by atoms with Crippen LogP contribution in [-0.4, -0.2) is 40.1 Å². The minimum absolute atomic E-state index is 0.0471. The monoisotopic (exact) mass is 555 g/mol. The molecule has 5 rings (SSSR count). The summed E-state index contributed by atoms with van der Waals surface area (Å²) in [6.45, 7) is 0.312. The summed E-state index contributed by atoms with van der Waals surface area (Å²) in [5.41, 5.74) is 3.16. The molecule has 1 amide bonds. The quantitative estimate of drug-likeness (QED) is 0.324. The number of benzene rings is 3. The number of ether oxygens (including phenoxy) is 2. The Morgan fingerprint density at radius 2 is 1.84 bits per heavy atom. The molecule has 1 aliphatic heterocycles. The fourth-order valence-corrected chi connectivity index (χ4v) is 6.87. The van der Waals surface area contributed by atoms with Gasteiger partial charge in [0.05, 0.1) is 30.6 Å². The van der Waals surface area contributed by atoms with Gasteiger partial charge in [-0.1, -0.05) is 29.8 Å². The SMILES string of the molecule is COc1ccc(-c2csc(NC(=O)c3ccc(Cl)c(S(=O)(=O)N4CCc5ccccc54)c3)n2)cc1OC. The van der Waals surface area contributed by atoms with E-state index in [1.165, 1.54) is 33.8 Å². The maximum absolute atomic E-state index is 13.5. The lowest BCUT2D eigenvalue weighted by molar-refractivity contribution is 0.102. The van der Waals surface area contributed by atoms with Crippen LogP contribution in [0.5, 0.6) is 11.5 Å². The minimum atomic E-state index is -3.97. The molecular formula is C26H22ClN3O5S2. The Labute approximate surface area is 223 Å². The summed E-state index contributed by atoms with van der Waals surface area (Å²) in [4.78, 5) is 17.4. The summed E-state index contributed by atoms with van der Waals surface area (Å²) in [7, 11) is -0.856. The van der Waals surface area contributed by atoms with Crippen molar-refractivity contribution < 1.29 is 22.7 Å². The molecule has 1 N–H and O–H groups in total. The lowest BCUT2D eigenvalue weighted by Crippen LogP contribution is -2.29. The zero-order valence-corrected chi connectivity index (χ0v) is 22.3. The summed E-state index contributed by atoms with van der Waals surface area (Å²) in [6, 6.07) is 17.0. The van der Waals surface area contributed by atoms with Crippen LogP contribution in [-0.2, 0) is 16.4 Å². The number of sulfonamides is 1. The van der Waals surface area contributed by atoms with Crippen molar-refractivity contribution in [3.63, 3.8) is 0 Å². The van der Waals surface area contributed by atoms with Crippen LogP contribution >= 0.6 is 22.9 Å². The van der Waals surface area contributed by atoms with Crippen molar-refractivity contribution in [3.05, 3.63) is 82.2 Å². The van der Waals surface area contributed by atoms with Gasteiger partial charge in [-0.25, -0.2) is 13.4 Å². The van der Waals surface area contributed by atoms with E-state index in [4.69, 9.17) is 21.1 Å². The number of aromatic nitrogens is 1. The fraction of sp³-hybridized carbons (Fsp3) is 0.154. The van der Waals surface area contributed by atoms with Crippen LogP contribution in [0.15, 0.2) is 70.9 Å². The molecule has 37 heavy (non-hydrogen) atoms. The number of nitrogens with zero attached hydrogens (tertiary/aromatic N) is 2. The number of methoxy groups -OCH3 is 2. The van der Waals surface area contributed by atoms with E-state index < -0.39 is 15.9 Å². The predicted molar refractivity (Wildman–Crippen MR) is 145 cm³/mol. The van der Waals surface area contributed by atoms with Crippen molar-refractivity contribution in [3.8, 4) is 22.8 Å². The van der Waals surface area contributed by atoms with Gasteiger partial charge in [0.1, 0.15) is 4.90 Å². The molecule has 0 saturated heterocycles. The van der Waals surface area contributed by atoms with Crippen LogP contribution in [0.3, 0.4) is 0 Å². The number of nitrogens with one attached hydrogen (secondary N) is 1. The smallest absolute Gasteiger partial charge is 0.265 e. The van der Waals surface area contributed by atoms with Gasteiger partial charge in [0.2, 0.25) is 0 Å². The molecule has 0 saturated carbocycles. The van der Waals surface area contributed by atoms with Crippen molar-refractivity contribution in [1.82, 2.24) is 4.98 Å². The number of rotatable bonds is 7. The van der Waals surface area contributed by atoms with Gasteiger partial charge in [0, 0.05) is 23.1 Å². The van der Waals surface area contributed by atoms with Crippen molar-refractivity contribution >= 4 is 49.7 Å². The van der Waals surface area contributed by atoms with Gasteiger partial charge in [-0.05, 0) is 54.4 Å². The number of anilines is 2. The molecule has 8 nitrogen and oxygen atoms in total. The van der Waals surface area contributed by atoms with Crippen LogP contribution in [0.2, 0.25) is 5.02 Å². The normalized spacial score (nSPS) is 12.8. The molecule has 0 bridgehead atoms. The fourth-order valence-electron chi connectivity index (χ4n) is 4.15. The Bertz CT molecular complexity index is 1600. The number of carbonyl (C=O) groups is 1. The Morgan fingerprint density at radius 3 is 2.62 bits per heavy atom. The van der Waals surface area contributed by atoms with Crippen LogP contribution in [0.25, 0.3) is 11.3 Å². The Balaban J connectivity index is 1.38. The van der Waals surface area contributed by atoms with Crippen molar-refractivity contribution in [1.29, 1.82) is 0 Å². The number of thiazole rings is 1. The lowest BCUT2D eigenvalue weighted by atomic mass is 10.1. The van der Waals surface area contributed by atoms with Gasteiger partial charge in [-0.3, -0.25) is 14.4 Å². The van der Waals surface area contributed by atoms with E-state index in [1.807, 2.05) is 18.2 Å². The number of halogens is 1. The first-order chi connectivity index (χ1) is 17.8. The molecule has 1 aliphatic rings. The Hall–Kier alpha value is -3.60. The second-order valence-corrected chi connectivity index (χ2v) is 11.3. The van der Waals surface area contributed by atoms with E-state index in [9.17, 15) is 13.2 Å². The van der Waals surface area contributed by atoms with E-state index in [0.29, 0.717) is 41.0 Å². The molecule has 0 fully saturated rings. The third-order valence-electron chi connectivity index (χ3n) is 6.01. The Morgan fingerprint density at radius 1 is 1.05 bits per heavy atom.